The first-order valence-electron chi connectivity index (χ1n) is 7.72. The van der Waals surface area contributed by atoms with Crippen LogP contribution in [0.5, 0.6) is 0 Å². The summed E-state index contributed by atoms with van der Waals surface area (Å²) >= 11 is 0. The van der Waals surface area contributed by atoms with E-state index in [1.54, 1.807) is 0 Å². The predicted octanol–water partition coefficient (Wildman–Crippen LogP) is 2.31. The van der Waals surface area contributed by atoms with Crippen molar-refractivity contribution in [2.45, 2.75) is 12.8 Å². The minimum atomic E-state index is 0.669. The summed E-state index contributed by atoms with van der Waals surface area (Å²) in [6, 6.07) is 8.00. The molecular formula is C17H19N5. The van der Waals surface area contributed by atoms with Gasteiger partial charge in [-0.2, -0.15) is 0 Å². The Bertz CT molecular complexity index is 780. The van der Waals surface area contributed by atoms with E-state index in [1.165, 1.54) is 13.0 Å². The Balaban J connectivity index is 1.80. The van der Waals surface area contributed by atoms with Crippen LogP contribution in [0.4, 0.5) is 0 Å². The lowest BCUT2D eigenvalue weighted by atomic mass is 10.0. The van der Waals surface area contributed by atoms with E-state index in [1.807, 2.05) is 42.9 Å². The van der Waals surface area contributed by atoms with Gasteiger partial charge in [0.1, 0.15) is 11.3 Å². The first-order chi connectivity index (χ1) is 10.8. The summed E-state index contributed by atoms with van der Waals surface area (Å²) in [5, 5.41) is 0. The molecule has 1 unspecified atom stereocenters. The fourth-order valence-corrected chi connectivity index (χ4v) is 3.31. The summed E-state index contributed by atoms with van der Waals surface area (Å²) in [4.78, 5) is 15.9. The molecule has 5 heteroatoms. The normalized spacial score (nSPS) is 19.0. The molecule has 0 aromatic carbocycles. The summed E-state index contributed by atoms with van der Waals surface area (Å²) in [7, 11) is 2.19. The number of likely N-dealkylation sites (tertiary alicyclic amines) is 1. The third-order valence-electron chi connectivity index (χ3n) is 4.37. The molecule has 0 bridgehead atoms. The molecule has 3 aromatic rings. The highest BCUT2D eigenvalue weighted by molar-refractivity contribution is 5.73. The third-order valence-corrected chi connectivity index (χ3v) is 4.37. The number of nitrogens with zero attached hydrogens (tertiary/aromatic N) is 5. The molecule has 0 saturated carbocycles. The molecule has 1 fully saturated rings. The van der Waals surface area contributed by atoms with E-state index in [9.17, 15) is 0 Å². The average molecular weight is 293 g/mol. The van der Waals surface area contributed by atoms with E-state index < -0.39 is 0 Å². The van der Waals surface area contributed by atoms with Crippen molar-refractivity contribution < 1.29 is 0 Å². The van der Waals surface area contributed by atoms with Gasteiger partial charge in [-0.15, -0.1) is 0 Å². The molecular weight excluding hydrogens is 274 g/mol. The Morgan fingerprint density at radius 1 is 1.18 bits per heavy atom. The van der Waals surface area contributed by atoms with E-state index in [0.29, 0.717) is 5.92 Å². The maximum absolute atomic E-state index is 4.84. The van der Waals surface area contributed by atoms with Crippen LogP contribution in [0.2, 0.25) is 0 Å². The van der Waals surface area contributed by atoms with E-state index in [4.69, 9.17) is 4.98 Å². The Morgan fingerprint density at radius 2 is 2.05 bits per heavy atom. The maximum atomic E-state index is 4.84. The van der Waals surface area contributed by atoms with Crippen molar-refractivity contribution in [3.63, 3.8) is 0 Å². The van der Waals surface area contributed by atoms with Gasteiger partial charge in [-0.3, -0.25) is 9.55 Å². The number of pyridine rings is 2. The molecule has 112 valence electrons. The second-order valence-electron chi connectivity index (χ2n) is 6.04. The molecule has 0 spiro atoms. The lowest BCUT2D eigenvalue weighted by Gasteiger charge is -2.12. The Kier molecular flexibility index (Phi) is 3.35. The van der Waals surface area contributed by atoms with Crippen molar-refractivity contribution in [2.75, 3.05) is 20.1 Å². The molecule has 0 amide bonds. The number of hydrogen-bond acceptors (Lipinski definition) is 4. The Morgan fingerprint density at radius 3 is 2.82 bits per heavy atom. The second kappa shape index (κ2) is 5.50. The first-order valence-corrected chi connectivity index (χ1v) is 7.72. The predicted molar refractivity (Wildman–Crippen MR) is 86.0 cm³/mol. The van der Waals surface area contributed by atoms with Crippen molar-refractivity contribution in [1.82, 2.24) is 24.4 Å². The molecule has 0 N–H and O–H groups in total. The Hall–Kier alpha value is -2.27. The van der Waals surface area contributed by atoms with Crippen LogP contribution in [0.15, 0.2) is 42.9 Å². The number of rotatable bonds is 3. The van der Waals surface area contributed by atoms with Gasteiger partial charge in [-0.1, -0.05) is 0 Å². The van der Waals surface area contributed by atoms with Gasteiger partial charge in [-0.25, -0.2) is 9.97 Å². The average Bonchev–Trinajstić information content (AvgIpc) is 3.11. The van der Waals surface area contributed by atoms with Gasteiger partial charge in [0.2, 0.25) is 0 Å². The minimum Gasteiger partial charge on any atom is -0.306 e. The summed E-state index contributed by atoms with van der Waals surface area (Å²) < 4.78 is 2.18. The van der Waals surface area contributed by atoms with Crippen molar-refractivity contribution in [2.24, 2.45) is 5.92 Å². The number of imidazole rings is 1. The monoisotopic (exact) mass is 293 g/mol. The summed E-state index contributed by atoms with van der Waals surface area (Å²) in [6.07, 6.45) is 7.69. The minimum absolute atomic E-state index is 0.669. The highest BCUT2D eigenvalue weighted by Gasteiger charge is 2.23. The van der Waals surface area contributed by atoms with Crippen LogP contribution in [0.3, 0.4) is 0 Å². The zero-order valence-electron chi connectivity index (χ0n) is 12.7. The van der Waals surface area contributed by atoms with Crippen molar-refractivity contribution in [3.8, 4) is 5.69 Å². The van der Waals surface area contributed by atoms with Crippen LogP contribution in [-0.2, 0) is 6.42 Å². The molecule has 22 heavy (non-hydrogen) atoms. The van der Waals surface area contributed by atoms with Crippen molar-refractivity contribution in [1.29, 1.82) is 0 Å². The van der Waals surface area contributed by atoms with Gasteiger partial charge < -0.3 is 4.90 Å². The van der Waals surface area contributed by atoms with Crippen molar-refractivity contribution >= 4 is 11.2 Å². The molecule has 3 aromatic heterocycles. The number of hydrogen-bond donors (Lipinski definition) is 0. The van der Waals surface area contributed by atoms with Crippen LogP contribution in [0.1, 0.15) is 12.2 Å². The summed E-state index contributed by atoms with van der Waals surface area (Å²) in [6.45, 7) is 2.32. The summed E-state index contributed by atoms with van der Waals surface area (Å²) in [5.41, 5.74) is 2.97. The van der Waals surface area contributed by atoms with Crippen LogP contribution >= 0.6 is 0 Å². The molecule has 0 aliphatic carbocycles. The highest BCUT2D eigenvalue weighted by Crippen LogP contribution is 2.24. The molecule has 1 aliphatic rings. The van der Waals surface area contributed by atoms with Gasteiger partial charge in [0.15, 0.2) is 5.65 Å². The van der Waals surface area contributed by atoms with E-state index >= 15 is 0 Å². The van der Waals surface area contributed by atoms with E-state index in [2.05, 4.69) is 26.5 Å². The second-order valence-corrected chi connectivity index (χ2v) is 6.04. The van der Waals surface area contributed by atoms with E-state index in [0.717, 1.165) is 35.6 Å². The smallest absolute Gasteiger partial charge is 0.164 e. The van der Waals surface area contributed by atoms with Crippen LogP contribution in [-0.4, -0.2) is 44.6 Å². The van der Waals surface area contributed by atoms with Crippen LogP contribution in [0.25, 0.3) is 16.9 Å². The fraction of sp³-hybridized carbons (Fsp3) is 0.353. The Labute approximate surface area is 129 Å². The zero-order valence-corrected chi connectivity index (χ0v) is 12.7. The molecule has 1 aliphatic heterocycles. The largest absolute Gasteiger partial charge is 0.306 e. The first kappa shape index (κ1) is 13.4. The standard InChI is InChI=1S/C17H19N5/c1-21-10-6-13(12-21)11-16-20-15-3-2-7-19-17(15)22(16)14-4-8-18-9-5-14/h2-5,7-9,13H,6,10-12H2,1H3. The lowest BCUT2D eigenvalue weighted by molar-refractivity contribution is 0.392. The quantitative estimate of drug-likeness (QED) is 0.743. The SMILES string of the molecule is CN1CCC(Cc2nc3cccnc3n2-c2ccncc2)C1. The molecule has 4 rings (SSSR count). The fourth-order valence-electron chi connectivity index (χ4n) is 3.31. The molecule has 5 nitrogen and oxygen atoms in total. The highest BCUT2D eigenvalue weighted by atomic mass is 15.1. The lowest BCUT2D eigenvalue weighted by Crippen LogP contribution is -2.16. The zero-order chi connectivity index (χ0) is 14.9. The van der Waals surface area contributed by atoms with Gasteiger partial charge in [0, 0.05) is 31.6 Å². The molecule has 0 radical (unpaired) electrons. The van der Waals surface area contributed by atoms with Gasteiger partial charge in [0.05, 0.1) is 5.69 Å². The van der Waals surface area contributed by atoms with Gasteiger partial charge >= 0.3 is 0 Å². The molecule has 1 atom stereocenters. The van der Waals surface area contributed by atoms with Crippen LogP contribution in [0, 0.1) is 5.92 Å². The molecule has 4 heterocycles. The molecule has 1 saturated heterocycles. The third kappa shape index (κ3) is 2.37. The van der Waals surface area contributed by atoms with Gasteiger partial charge in [-0.05, 0) is 50.2 Å². The maximum Gasteiger partial charge on any atom is 0.164 e. The number of fused-ring (bicyclic) bond motifs is 1. The topological polar surface area (TPSA) is 46.8 Å². The van der Waals surface area contributed by atoms with E-state index in [-0.39, 0.29) is 0 Å². The van der Waals surface area contributed by atoms with Gasteiger partial charge in [0.25, 0.3) is 0 Å². The van der Waals surface area contributed by atoms with Crippen LogP contribution < -0.4 is 0 Å². The summed E-state index contributed by atoms with van der Waals surface area (Å²) in [5.74, 6) is 1.77. The number of aromatic nitrogens is 4. The van der Waals surface area contributed by atoms with Crippen molar-refractivity contribution in [3.05, 3.63) is 48.7 Å².